The van der Waals surface area contributed by atoms with Crippen LogP contribution in [0.25, 0.3) is 6.08 Å². The molecule has 0 spiro atoms. The van der Waals surface area contributed by atoms with Crippen LogP contribution in [0.5, 0.6) is 11.5 Å². The molecule has 0 unspecified atom stereocenters. The third kappa shape index (κ3) is 13.0. The molecular formula is C27H39N3O7S. The van der Waals surface area contributed by atoms with Crippen molar-refractivity contribution in [2.45, 2.75) is 20.3 Å². The van der Waals surface area contributed by atoms with Gasteiger partial charge in [0.15, 0.2) is 5.96 Å². The van der Waals surface area contributed by atoms with Crippen molar-refractivity contribution < 1.29 is 31.6 Å². The van der Waals surface area contributed by atoms with Gasteiger partial charge in [-0.3, -0.25) is 5.41 Å². The Morgan fingerprint density at radius 3 is 1.84 bits per heavy atom. The van der Waals surface area contributed by atoms with Gasteiger partial charge in [0.2, 0.25) is 5.76 Å². The zero-order valence-corrected chi connectivity index (χ0v) is 24.0. The van der Waals surface area contributed by atoms with Crippen LogP contribution >= 0.6 is 0 Å². The highest BCUT2D eigenvalue weighted by Gasteiger charge is 2.11. The molecule has 210 valence electrons. The van der Waals surface area contributed by atoms with Crippen LogP contribution in [0.3, 0.4) is 0 Å². The Morgan fingerprint density at radius 1 is 0.868 bits per heavy atom. The van der Waals surface area contributed by atoms with Gasteiger partial charge in [-0.2, -0.15) is 8.42 Å². The number of hydrogen-bond acceptors (Lipinski definition) is 8. The Kier molecular flexibility index (Phi) is 13.8. The molecule has 0 heterocycles. The Bertz CT molecular complexity index is 1130. The molecule has 0 aliphatic heterocycles. The molecule has 0 amide bonds. The monoisotopic (exact) mass is 549 g/mol. The van der Waals surface area contributed by atoms with Crippen LogP contribution in [0.2, 0.25) is 0 Å². The maximum atomic E-state index is 11.9. The topological polar surface area (TPSA) is 118 Å². The molecule has 0 aliphatic carbocycles. The van der Waals surface area contributed by atoms with Crippen LogP contribution in [0.1, 0.15) is 25.0 Å². The molecule has 10 nitrogen and oxygen atoms in total. The fraction of sp³-hybridized carbons (Fsp3) is 0.407. The van der Waals surface area contributed by atoms with Crippen molar-refractivity contribution in [3.05, 3.63) is 65.4 Å². The van der Waals surface area contributed by atoms with E-state index in [1.165, 1.54) is 0 Å². The molecule has 1 N–H and O–H groups in total. The molecule has 0 aliphatic rings. The van der Waals surface area contributed by atoms with E-state index < -0.39 is 16.1 Å². The second-order valence-corrected chi connectivity index (χ2v) is 9.95. The predicted octanol–water partition coefficient (Wildman–Crippen LogP) is 3.63. The van der Waals surface area contributed by atoms with Gasteiger partial charge in [-0.1, -0.05) is 24.3 Å². The molecule has 38 heavy (non-hydrogen) atoms. The van der Waals surface area contributed by atoms with Gasteiger partial charge in [-0.15, -0.1) is 0 Å². The molecule has 0 saturated heterocycles. The molecule has 0 radical (unpaired) electrons. The van der Waals surface area contributed by atoms with Crippen LogP contribution in [0, 0.1) is 5.41 Å². The highest BCUT2D eigenvalue weighted by atomic mass is 32.2. The van der Waals surface area contributed by atoms with Gasteiger partial charge >= 0.3 is 16.1 Å². The van der Waals surface area contributed by atoms with Crippen molar-refractivity contribution in [1.82, 2.24) is 9.80 Å². The summed E-state index contributed by atoms with van der Waals surface area (Å²) >= 11 is 0. The van der Waals surface area contributed by atoms with Crippen molar-refractivity contribution in [2.75, 3.05) is 54.3 Å². The largest absolute Gasteiger partial charge is 0.493 e. The molecular weight excluding hydrogens is 510 g/mol. The molecule has 2 aromatic rings. The molecule has 2 aromatic carbocycles. The first-order chi connectivity index (χ1) is 17.9. The number of esters is 1. The maximum absolute atomic E-state index is 11.9. The van der Waals surface area contributed by atoms with E-state index in [9.17, 15) is 13.2 Å². The average Bonchev–Trinajstić information content (AvgIpc) is 2.85. The Balaban J connectivity index is 0.000000781. The van der Waals surface area contributed by atoms with Gasteiger partial charge in [0.05, 0.1) is 26.1 Å². The molecule has 2 rings (SSSR count). The lowest BCUT2D eigenvalue weighted by Crippen LogP contribution is -2.34. The van der Waals surface area contributed by atoms with Gasteiger partial charge in [0.25, 0.3) is 0 Å². The average molecular weight is 550 g/mol. The van der Waals surface area contributed by atoms with Crippen molar-refractivity contribution in [3.63, 3.8) is 0 Å². The van der Waals surface area contributed by atoms with E-state index >= 15 is 0 Å². The van der Waals surface area contributed by atoms with E-state index in [2.05, 4.69) is 0 Å². The Labute approximate surface area is 226 Å². The molecule has 0 atom stereocenters. The summed E-state index contributed by atoms with van der Waals surface area (Å²) < 4.78 is 43.1. The van der Waals surface area contributed by atoms with E-state index in [-0.39, 0.29) is 18.1 Å². The second-order valence-electron chi connectivity index (χ2n) is 8.37. The minimum absolute atomic E-state index is 0.163. The fourth-order valence-corrected chi connectivity index (χ4v) is 3.36. The van der Waals surface area contributed by atoms with Crippen molar-refractivity contribution >= 4 is 28.1 Å². The van der Waals surface area contributed by atoms with Gasteiger partial charge in [0, 0.05) is 34.6 Å². The highest BCUT2D eigenvalue weighted by Crippen LogP contribution is 2.17. The van der Waals surface area contributed by atoms with Gasteiger partial charge in [-0.05, 0) is 55.3 Å². The number of rotatable bonds is 11. The van der Waals surface area contributed by atoms with Crippen LogP contribution in [0.15, 0.2) is 54.3 Å². The smallest absolute Gasteiger partial charge is 0.373 e. The summed E-state index contributed by atoms with van der Waals surface area (Å²) in [4.78, 5) is 15.4. The van der Waals surface area contributed by atoms with E-state index in [0.717, 1.165) is 17.4 Å². The minimum Gasteiger partial charge on any atom is -0.493 e. The molecule has 0 bridgehead atoms. The summed E-state index contributed by atoms with van der Waals surface area (Å²) in [6.45, 7) is 4.65. The summed E-state index contributed by atoms with van der Waals surface area (Å²) in [6, 6.07) is 14.1. The second kappa shape index (κ2) is 16.2. The molecule has 0 saturated carbocycles. The van der Waals surface area contributed by atoms with Gasteiger partial charge in [0.1, 0.15) is 11.5 Å². The number of guanidine groups is 1. The molecule has 0 fully saturated rings. The summed E-state index contributed by atoms with van der Waals surface area (Å²) in [6.07, 6.45) is 3.29. The molecule has 0 aromatic heterocycles. The third-order valence-electron chi connectivity index (χ3n) is 4.63. The van der Waals surface area contributed by atoms with E-state index in [4.69, 9.17) is 23.8 Å². The van der Waals surface area contributed by atoms with Crippen LogP contribution in [-0.4, -0.2) is 84.4 Å². The first kappa shape index (κ1) is 32.3. The lowest BCUT2D eigenvalue weighted by atomic mass is 10.1. The summed E-state index contributed by atoms with van der Waals surface area (Å²) in [5.41, 5.74) is 1.78. The predicted molar refractivity (Wildman–Crippen MR) is 149 cm³/mol. The normalized spacial score (nSPS) is 11.0. The zero-order chi connectivity index (χ0) is 28.7. The quantitative estimate of drug-likeness (QED) is 0.112. The summed E-state index contributed by atoms with van der Waals surface area (Å²) in [7, 11) is 3.87. The Morgan fingerprint density at radius 2 is 1.39 bits per heavy atom. The van der Waals surface area contributed by atoms with Crippen molar-refractivity contribution in [3.8, 4) is 11.5 Å². The number of carbonyl (C=O) groups is 1. The lowest BCUT2D eigenvalue weighted by molar-refractivity contribution is -0.142. The van der Waals surface area contributed by atoms with Gasteiger partial charge in [-0.25, -0.2) is 4.79 Å². The van der Waals surface area contributed by atoms with Crippen molar-refractivity contribution in [2.24, 2.45) is 0 Å². The van der Waals surface area contributed by atoms with Crippen molar-refractivity contribution in [1.29, 1.82) is 5.41 Å². The van der Waals surface area contributed by atoms with Gasteiger partial charge < -0.3 is 28.2 Å². The standard InChI is InChI=1S/C22H26O7S.C5H13N3/c1-4-26-21(22(23)27-5-2)16-18-8-10-19(11-9-18)28-15-14-17-6-12-20(13-7-17)29-30(3,24)25;1-7(2)5(6)8(3)4/h6-13,16H,4-5,14-15H2,1-3H3;6H,1-4H3. The first-order valence-electron chi connectivity index (χ1n) is 12.0. The van der Waals surface area contributed by atoms with E-state index in [0.29, 0.717) is 31.3 Å². The summed E-state index contributed by atoms with van der Waals surface area (Å²) in [5.74, 6) is 1.16. The Hall–Kier alpha value is -3.73. The number of ether oxygens (including phenoxy) is 3. The molecule has 11 heteroatoms. The van der Waals surface area contributed by atoms with E-state index in [1.54, 1.807) is 54.0 Å². The number of nitrogens with one attached hydrogen (secondary N) is 1. The van der Waals surface area contributed by atoms with Crippen LogP contribution in [-0.2, 0) is 30.8 Å². The minimum atomic E-state index is -3.53. The summed E-state index contributed by atoms with van der Waals surface area (Å²) in [5, 5.41) is 7.25. The number of benzene rings is 2. The third-order valence-corrected chi connectivity index (χ3v) is 5.13. The first-order valence-corrected chi connectivity index (χ1v) is 13.8. The van der Waals surface area contributed by atoms with Crippen LogP contribution < -0.4 is 8.92 Å². The number of carbonyl (C=O) groups excluding carboxylic acids is 1. The van der Waals surface area contributed by atoms with Crippen LogP contribution in [0.4, 0.5) is 0 Å². The number of hydrogen-bond donors (Lipinski definition) is 1. The van der Waals surface area contributed by atoms with E-state index in [1.807, 2.05) is 52.5 Å². The highest BCUT2D eigenvalue weighted by molar-refractivity contribution is 7.86. The SMILES string of the molecule is CCOC(=O)C(=Cc1ccc(OCCc2ccc(OS(C)(=O)=O)cc2)cc1)OCC.CN(C)C(=N)N(C)C. The lowest BCUT2D eigenvalue weighted by Gasteiger charge is -2.19. The maximum Gasteiger partial charge on any atom is 0.373 e. The number of nitrogens with zero attached hydrogens (tertiary/aromatic N) is 2. The fourth-order valence-electron chi connectivity index (χ4n) is 2.90. The zero-order valence-electron chi connectivity index (χ0n) is 23.2.